The molecular formula is C17H21NO6S2. The van der Waals surface area contributed by atoms with Crippen LogP contribution in [-0.2, 0) is 19.6 Å². The van der Waals surface area contributed by atoms with Crippen LogP contribution < -0.4 is 4.72 Å². The molecule has 7 nitrogen and oxygen atoms in total. The number of fused-ring (bicyclic) bond motifs is 1. The molecule has 142 valence electrons. The fraction of sp³-hybridized carbons (Fsp3) is 0.412. The van der Waals surface area contributed by atoms with Crippen LogP contribution in [0.25, 0.3) is 10.1 Å². The van der Waals surface area contributed by atoms with Gasteiger partial charge in [-0.05, 0) is 18.4 Å². The van der Waals surface area contributed by atoms with Crippen LogP contribution >= 0.6 is 11.3 Å². The second kappa shape index (κ2) is 8.15. The highest BCUT2D eigenvalue weighted by Gasteiger charge is 2.30. The lowest BCUT2D eigenvalue weighted by Gasteiger charge is -2.15. The number of thiophene rings is 1. The standard InChI is InChI=1S/C17H21NO6S2/c1-10(2)8-11(16(19)20)9-18-26(22,23)15-12-6-4-5-7-13(12)25-14(15)17(21)24-3/h4-7,10-11,18H,8-9H2,1-3H3,(H,19,20). The number of carboxylic acids is 1. The molecule has 0 fully saturated rings. The van der Waals surface area contributed by atoms with Gasteiger partial charge in [0, 0.05) is 16.6 Å². The monoisotopic (exact) mass is 399 g/mol. The zero-order valence-corrected chi connectivity index (χ0v) is 16.3. The Morgan fingerprint density at radius 3 is 2.50 bits per heavy atom. The number of hydrogen-bond acceptors (Lipinski definition) is 6. The predicted molar refractivity (Wildman–Crippen MR) is 98.9 cm³/mol. The van der Waals surface area contributed by atoms with Crippen molar-refractivity contribution in [3.63, 3.8) is 0 Å². The van der Waals surface area contributed by atoms with Crippen molar-refractivity contribution in [1.82, 2.24) is 4.72 Å². The number of hydrogen-bond donors (Lipinski definition) is 2. The molecule has 2 aromatic rings. The van der Waals surface area contributed by atoms with Crippen LogP contribution in [0.1, 0.15) is 29.9 Å². The largest absolute Gasteiger partial charge is 0.481 e. The number of rotatable bonds is 8. The smallest absolute Gasteiger partial charge is 0.349 e. The van der Waals surface area contributed by atoms with Crippen molar-refractivity contribution in [1.29, 1.82) is 0 Å². The minimum Gasteiger partial charge on any atom is -0.481 e. The van der Waals surface area contributed by atoms with Crippen molar-refractivity contribution in [2.75, 3.05) is 13.7 Å². The van der Waals surface area contributed by atoms with E-state index in [0.29, 0.717) is 16.5 Å². The second-order valence-corrected chi connectivity index (χ2v) is 9.02. The number of aliphatic carboxylic acids is 1. The summed E-state index contributed by atoms with van der Waals surface area (Å²) in [6, 6.07) is 6.74. The van der Waals surface area contributed by atoms with Crippen molar-refractivity contribution in [2.24, 2.45) is 11.8 Å². The van der Waals surface area contributed by atoms with Gasteiger partial charge in [-0.1, -0.05) is 32.0 Å². The van der Waals surface area contributed by atoms with E-state index in [4.69, 9.17) is 4.74 Å². The van der Waals surface area contributed by atoms with Gasteiger partial charge in [-0.25, -0.2) is 17.9 Å². The zero-order chi connectivity index (χ0) is 19.5. The summed E-state index contributed by atoms with van der Waals surface area (Å²) in [5.41, 5.74) is 0. The first-order valence-corrected chi connectivity index (χ1v) is 10.3. The van der Waals surface area contributed by atoms with Gasteiger partial charge in [-0.2, -0.15) is 0 Å². The summed E-state index contributed by atoms with van der Waals surface area (Å²) in [7, 11) is -2.92. The summed E-state index contributed by atoms with van der Waals surface area (Å²) in [4.78, 5) is 23.2. The molecule has 0 amide bonds. The Morgan fingerprint density at radius 2 is 1.92 bits per heavy atom. The van der Waals surface area contributed by atoms with Gasteiger partial charge in [0.2, 0.25) is 10.0 Å². The first-order chi connectivity index (χ1) is 12.2. The van der Waals surface area contributed by atoms with E-state index in [2.05, 4.69) is 4.72 Å². The number of esters is 1. The first kappa shape index (κ1) is 20.3. The highest BCUT2D eigenvalue weighted by atomic mass is 32.2. The molecule has 2 rings (SSSR count). The SMILES string of the molecule is COC(=O)c1sc2ccccc2c1S(=O)(=O)NCC(CC(C)C)C(=O)O. The molecule has 1 aromatic heterocycles. The molecule has 0 saturated heterocycles. The van der Waals surface area contributed by atoms with E-state index in [0.717, 1.165) is 11.3 Å². The highest BCUT2D eigenvalue weighted by Crippen LogP contribution is 2.35. The molecule has 0 aliphatic rings. The molecule has 0 spiro atoms. The number of sulfonamides is 1. The summed E-state index contributed by atoms with van der Waals surface area (Å²) < 4.78 is 33.4. The van der Waals surface area contributed by atoms with Crippen molar-refractivity contribution >= 4 is 43.4 Å². The summed E-state index contributed by atoms with van der Waals surface area (Å²) in [6.07, 6.45) is 0.339. The molecule has 0 saturated carbocycles. The summed E-state index contributed by atoms with van der Waals surface area (Å²) in [5.74, 6) is -2.56. The van der Waals surface area contributed by atoms with Crippen LogP contribution in [0.3, 0.4) is 0 Å². The normalized spacial score (nSPS) is 13.1. The van der Waals surface area contributed by atoms with Crippen molar-refractivity contribution in [3.05, 3.63) is 29.1 Å². The Balaban J connectivity index is 2.42. The van der Waals surface area contributed by atoms with Crippen LogP contribution in [0.5, 0.6) is 0 Å². The van der Waals surface area contributed by atoms with E-state index in [1.165, 1.54) is 7.11 Å². The topological polar surface area (TPSA) is 110 Å². The van der Waals surface area contributed by atoms with E-state index < -0.39 is 27.9 Å². The van der Waals surface area contributed by atoms with Gasteiger partial charge in [0.15, 0.2) is 0 Å². The van der Waals surface area contributed by atoms with E-state index in [1.807, 2.05) is 13.8 Å². The molecule has 0 bridgehead atoms. The summed E-state index contributed by atoms with van der Waals surface area (Å²) in [6.45, 7) is 3.49. The molecule has 9 heteroatoms. The molecule has 0 aliphatic heterocycles. The molecule has 1 aromatic carbocycles. The predicted octanol–water partition coefficient (Wildman–Crippen LogP) is 2.71. The lowest BCUT2D eigenvalue weighted by molar-refractivity contribution is -0.142. The van der Waals surface area contributed by atoms with Gasteiger partial charge in [-0.3, -0.25) is 4.79 Å². The third-order valence-electron chi connectivity index (χ3n) is 3.81. The number of ether oxygens (including phenoxy) is 1. The number of carbonyl (C=O) groups excluding carboxylic acids is 1. The number of nitrogens with one attached hydrogen (secondary N) is 1. The van der Waals surface area contributed by atoms with Crippen LogP contribution in [-0.4, -0.2) is 39.1 Å². The summed E-state index contributed by atoms with van der Waals surface area (Å²) >= 11 is 1.02. The lowest BCUT2D eigenvalue weighted by atomic mass is 9.98. The van der Waals surface area contributed by atoms with E-state index >= 15 is 0 Å². The minimum atomic E-state index is -4.10. The van der Waals surface area contributed by atoms with Gasteiger partial charge < -0.3 is 9.84 Å². The van der Waals surface area contributed by atoms with Gasteiger partial charge in [-0.15, -0.1) is 11.3 Å². The third-order valence-corrected chi connectivity index (χ3v) is 6.60. The van der Waals surface area contributed by atoms with E-state index in [9.17, 15) is 23.1 Å². The van der Waals surface area contributed by atoms with Gasteiger partial charge >= 0.3 is 11.9 Å². The van der Waals surface area contributed by atoms with Crippen LogP contribution in [0, 0.1) is 11.8 Å². The fourth-order valence-corrected chi connectivity index (χ4v) is 5.53. The van der Waals surface area contributed by atoms with Gasteiger partial charge in [0.1, 0.15) is 9.77 Å². The third kappa shape index (κ3) is 4.40. The maximum atomic E-state index is 12.9. The van der Waals surface area contributed by atoms with Gasteiger partial charge in [0.25, 0.3) is 0 Å². The Bertz CT molecular complexity index is 916. The average Bonchev–Trinajstić information content (AvgIpc) is 2.97. The first-order valence-electron chi connectivity index (χ1n) is 7.99. The van der Waals surface area contributed by atoms with Crippen LogP contribution in [0.2, 0.25) is 0 Å². The molecule has 0 aliphatic carbocycles. The minimum absolute atomic E-state index is 0.0306. The Labute approximate surface area is 156 Å². The highest BCUT2D eigenvalue weighted by molar-refractivity contribution is 7.90. The number of methoxy groups -OCH3 is 1. The molecule has 1 atom stereocenters. The second-order valence-electron chi connectivity index (χ2n) is 6.26. The van der Waals surface area contributed by atoms with E-state index in [1.54, 1.807) is 24.3 Å². The molecule has 2 N–H and O–H groups in total. The van der Waals surface area contributed by atoms with Crippen molar-refractivity contribution in [2.45, 2.75) is 25.2 Å². The quantitative estimate of drug-likeness (QED) is 0.661. The average molecular weight is 399 g/mol. The fourth-order valence-electron chi connectivity index (χ4n) is 2.64. The van der Waals surface area contributed by atoms with Gasteiger partial charge in [0.05, 0.1) is 13.0 Å². The lowest BCUT2D eigenvalue weighted by Crippen LogP contribution is -2.34. The maximum absolute atomic E-state index is 12.9. The van der Waals surface area contributed by atoms with E-state index in [-0.39, 0.29) is 22.2 Å². The zero-order valence-electron chi connectivity index (χ0n) is 14.7. The number of carbonyl (C=O) groups is 2. The Kier molecular flexibility index (Phi) is 6.38. The van der Waals surface area contributed by atoms with Crippen molar-refractivity contribution in [3.8, 4) is 0 Å². The maximum Gasteiger partial charge on any atom is 0.349 e. The molecule has 26 heavy (non-hydrogen) atoms. The number of benzene rings is 1. The van der Waals surface area contributed by atoms with Crippen LogP contribution in [0.4, 0.5) is 0 Å². The van der Waals surface area contributed by atoms with Crippen LogP contribution in [0.15, 0.2) is 29.2 Å². The Morgan fingerprint density at radius 1 is 1.27 bits per heavy atom. The Hall–Kier alpha value is -1.97. The summed E-state index contributed by atoms with van der Waals surface area (Å²) in [5, 5.41) is 9.70. The molecular weight excluding hydrogens is 378 g/mol. The van der Waals surface area contributed by atoms with Crippen molar-refractivity contribution < 1.29 is 27.9 Å². The molecule has 0 radical (unpaired) electrons. The molecule has 1 heterocycles. The number of carboxylic acid groups (broad SMARTS) is 1. The molecule has 1 unspecified atom stereocenters.